The number of aliphatic imine (C=N–C) groups is 1. The van der Waals surface area contributed by atoms with Crippen LogP contribution in [0.3, 0.4) is 0 Å². The Labute approximate surface area is 138 Å². The Bertz CT molecular complexity index is 934. The Balaban J connectivity index is 2.08. The molecule has 0 amide bonds. The molecule has 24 heavy (non-hydrogen) atoms. The van der Waals surface area contributed by atoms with Gasteiger partial charge in [-0.3, -0.25) is 9.69 Å². The number of aryl methyl sites for hydroxylation is 1. The van der Waals surface area contributed by atoms with E-state index < -0.39 is 11.7 Å². The molecule has 6 heteroatoms. The number of esters is 1. The zero-order valence-electron chi connectivity index (χ0n) is 13.1. The molecule has 2 aromatic carbocycles. The molecular weight excluding hydrogens is 308 g/mol. The first-order valence-electron chi connectivity index (χ1n) is 7.43. The fourth-order valence-corrected chi connectivity index (χ4v) is 3.23. The number of carbonyl (C=O) groups excluding carboxylic acids is 2. The van der Waals surface area contributed by atoms with Crippen LogP contribution in [-0.2, 0) is 15.3 Å². The summed E-state index contributed by atoms with van der Waals surface area (Å²) >= 11 is 0. The van der Waals surface area contributed by atoms with Gasteiger partial charge in [0.1, 0.15) is 0 Å². The molecule has 0 saturated carbocycles. The van der Waals surface area contributed by atoms with Gasteiger partial charge in [0.25, 0.3) is 5.72 Å². The third kappa shape index (κ3) is 1.66. The lowest BCUT2D eigenvalue weighted by atomic mass is 9.95. The number of para-hydroxylation sites is 1. The summed E-state index contributed by atoms with van der Waals surface area (Å²) in [4.78, 5) is 30.9. The third-order valence-corrected chi connectivity index (χ3v) is 4.35. The van der Waals surface area contributed by atoms with Crippen LogP contribution < -0.4 is 4.90 Å². The van der Waals surface area contributed by atoms with Gasteiger partial charge in [0.15, 0.2) is 5.84 Å². The lowest BCUT2D eigenvalue weighted by Crippen LogP contribution is -2.56. The predicted octanol–water partition coefficient (Wildman–Crippen LogP) is 2.06. The number of Topliss-reactive ketones (excluding diaryl/α,β-unsaturated/α-hetero) is 1. The molecule has 0 aromatic heterocycles. The molecule has 120 valence electrons. The summed E-state index contributed by atoms with van der Waals surface area (Å²) in [5.74, 6) is -1.19. The Morgan fingerprint density at radius 3 is 2.75 bits per heavy atom. The highest BCUT2D eigenvalue weighted by Gasteiger charge is 2.56. The van der Waals surface area contributed by atoms with Crippen molar-refractivity contribution < 1.29 is 19.4 Å². The number of ether oxygens (including phenoxy) is 1. The van der Waals surface area contributed by atoms with Crippen LogP contribution in [0.1, 0.15) is 21.5 Å². The summed E-state index contributed by atoms with van der Waals surface area (Å²) in [6.07, 6.45) is 0. The number of rotatable bonds is 1. The summed E-state index contributed by atoms with van der Waals surface area (Å²) in [6.45, 7) is 1.85. The van der Waals surface area contributed by atoms with E-state index in [2.05, 4.69) is 4.99 Å². The van der Waals surface area contributed by atoms with E-state index in [1.807, 2.05) is 13.0 Å². The number of ketones is 1. The zero-order valence-corrected chi connectivity index (χ0v) is 13.1. The zero-order chi connectivity index (χ0) is 17.1. The molecule has 1 atom stereocenters. The van der Waals surface area contributed by atoms with Gasteiger partial charge in [0.05, 0.1) is 18.5 Å². The number of benzene rings is 2. The Hall–Kier alpha value is -2.99. The number of carbonyl (C=O) groups is 2. The fraction of sp³-hybridized carbons (Fsp3) is 0.167. The van der Waals surface area contributed by atoms with Gasteiger partial charge in [-0.25, -0.2) is 9.79 Å². The molecule has 6 nitrogen and oxygen atoms in total. The van der Waals surface area contributed by atoms with E-state index >= 15 is 0 Å². The number of fused-ring (bicyclic) bond motifs is 4. The summed E-state index contributed by atoms with van der Waals surface area (Å²) in [6, 6.07) is 11.9. The second-order valence-electron chi connectivity index (χ2n) is 5.80. The number of anilines is 1. The summed E-state index contributed by atoms with van der Waals surface area (Å²) in [7, 11) is 1.20. The average Bonchev–Trinajstić information content (AvgIpc) is 2.88. The molecule has 0 saturated heterocycles. The van der Waals surface area contributed by atoms with E-state index in [1.54, 1.807) is 36.4 Å². The smallest absolute Gasteiger partial charge is 0.365 e. The molecule has 0 fully saturated rings. The van der Waals surface area contributed by atoms with Gasteiger partial charge < -0.3 is 9.84 Å². The maximum absolute atomic E-state index is 12.7. The van der Waals surface area contributed by atoms with Crippen molar-refractivity contribution in [3.05, 3.63) is 59.2 Å². The third-order valence-electron chi connectivity index (χ3n) is 4.35. The molecule has 1 unspecified atom stereocenters. The molecule has 0 radical (unpaired) electrons. The van der Waals surface area contributed by atoms with Crippen LogP contribution in [0.15, 0.2) is 47.5 Å². The molecule has 0 bridgehead atoms. The van der Waals surface area contributed by atoms with E-state index in [-0.39, 0.29) is 11.6 Å². The maximum atomic E-state index is 12.7. The fourth-order valence-electron chi connectivity index (χ4n) is 3.23. The molecule has 2 aromatic rings. The molecule has 2 aliphatic heterocycles. The van der Waals surface area contributed by atoms with Crippen LogP contribution in [-0.4, -0.2) is 29.8 Å². The van der Waals surface area contributed by atoms with Crippen molar-refractivity contribution in [1.82, 2.24) is 0 Å². The lowest BCUT2D eigenvalue weighted by molar-refractivity contribution is -0.162. The largest absolute Gasteiger partial charge is 0.465 e. The Morgan fingerprint density at radius 1 is 1.25 bits per heavy atom. The van der Waals surface area contributed by atoms with Crippen LogP contribution in [0.4, 0.5) is 11.4 Å². The van der Waals surface area contributed by atoms with Gasteiger partial charge in [-0.05, 0) is 31.2 Å². The molecule has 0 spiro atoms. The van der Waals surface area contributed by atoms with E-state index in [1.165, 1.54) is 12.0 Å². The van der Waals surface area contributed by atoms with Crippen LogP contribution in [0.25, 0.3) is 0 Å². The monoisotopic (exact) mass is 322 g/mol. The quantitative estimate of drug-likeness (QED) is 0.813. The normalized spacial score (nSPS) is 20.9. The summed E-state index contributed by atoms with van der Waals surface area (Å²) in [5.41, 5.74) is 0.205. The van der Waals surface area contributed by atoms with E-state index in [9.17, 15) is 14.7 Å². The molecule has 2 aliphatic rings. The van der Waals surface area contributed by atoms with Gasteiger partial charge >= 0.3 is 5.97 Å². The van der Waals surface area contributed by atoms with Crippen LogP contribution in [0, 0.1) is 6.92 Å². The van der Waals surface area contributed by atoms with Crippen LogP contribution >= 0.6 is 0 Å². The number of aliphatic hydroxyl groups is 1. The minimum Gasteiger partial charge on any atom is -0.465 e. The molecule has 2 heterocycles. The topological polar surface area (TPSA) is 79.2 Å². The second kappa shape index (κ2) is 4.75. The number of methoxy groups -OCH3 is 1. The van der Waals surface area contributed by atoms with E-state index in [0.717, 1.165) is 5.56 Å². The standard InChI is InChI=1S/C18H14N2O4/c1-10-7-8-13-12(9-10)18(23,17(22)24-2)20-14-6-4-3-5-11(14)15(21)16(20)19-13/h3-9,23H,1-2H3. The van der Waals surface area contributed by atoms with Gasteiger partial charge in [0.2, 0.25) is 5.78 Å². The molecular formula is C18H14N2O4. The highest BCUT2D eigenvalue weighted by Crippen LogP contribution is 2.46. The summed E-state index contributed by atoms with van der Waals surface area (Å²) in [5, 5.41) is 11.4. The van der Waals surface area contributed by atoms with Crippen molar-refractivity contribution in [2.75, 3.05) is 12.0 Å². The lowest BCUT2D eigenvalue weighted by Gasteiger charge is -2.39. The highest BCUT2D eigenvalue weighted by atomic mass is 16.5. The van der Waals surface area contributed by atoms with Crippen molar-refractivity contribution in [3.63, 3.8) is 0 Å². The van der Waals surface area contributed by atoms with Crippen LogP contribution in [0.5, 0.6) is 0 Å². The average molecular weight is 322 g/mol. The first kappa shape index (κ1) is 14.6. The molecule has 0 aliphatic carbocycles. The minimum absolute atomic E-state index is 0.0143. The SMILES string of the molecule is COC(=O)C1(O)c2cc(C)ccc2N=C2C(=O)c3ccccc3N21. The molecule has 4 rings (SSSR count). The number of hydrogen-bond acceptors (Lipinski definition) is 6. The second-order valence-corrected chi connectivity index (χ2v) is 5.80. The van der Waals surface area contributed by atoms with Crippen molar-refractivity contribution in [3.8, 4) is 0 Å². The van der Waals surface area contributed by atoms with E-state index in [0.29, 0.717) is 22.5 Å². The number of nitrogens with zero attached hydrogens (tertiary/aromatic N) is 2. The Kier molecular flexibility index (Phi) is 2.89. The van der Waals surface area contributed by atoms with Gasteiger partial charge in [-0.2, -0.15) is 0 Å². The first-order valence-corrected chi connectivity index (χ1v) is 7.43. The minimum atomic E-state index is -2.14. The van der Waals surface area contributed by atoms with Crippen molar-refractivity contribution in [2.45, 2.75) is 12.6 Å². The number of amidine groups is 1. The first-order chi connectivity index (χ1) is 11.5. The Morgan fingerprint density at radius 2 is 2.00 bits per heavy atom. The van der Waals surface area contributed by atoms with Gasteiger partial charge in [0, 0.05) is 11.1 Å². The van der Waals surface area contributed by atoms with Crippen LogP contribution in [0.2, 0.25) is 0 Å². The van der Waals surface area contributed by atoms with E-state index in [4.69, 9.17) is 4.74 Å². The van der Waals surface area contributed by atoms with Gasteiger partial charge in [-0.15, -0.1) is 0 Å². The summed E-state index contributed by atoms with van der Waals surface area (Å²) < 4.78 is 4.85. The van der Waals surface area contributed by atoms with Crippen molar-refractivity contribution in [2.24, 2.45) is 4.99 Å². The predicted molar refractivity (Wildman–Crippen MR) is 87.4 cm³/mol. The van der Waals surface area contributed by atoms with Crippen molar-refractivity contribution >= 4 is 29.0 Å². The van der Waals surface area contributed by atoms with Crippen molar-refractivity contribution in [1.29, 1.82) is 0 Å². The highest BCUT2D eigenvalue weighted by molar-refractivity contribution is 6.55. The molecule has 1 N–H and O–H groups in total. The number of hydrogen-bond donors (Lipinski definition) is 1. The maximum Gasteiger partial charge on any atom is 0.365 e. The van der Waals surface area contributed by atoms with Gasteiger partial charge in [-0.1, -0.05) is 23.8 Å².